The normalized spacial score (nSPS) is 13.5. The Morgan fingerprint density at radius 1 is 1.00 bits per heavy atom. The van der Waals surface area contributed by atoms with Gasteiger partial charge in [-0.2, -0.15) is 18.4 Å². The monoisotopic (exact) mass is 422 g/mol. The molecule has 6 heteroatoms. The number of pyridine rings is 1. The lowest BCUT2D eigenvalue weighted by Crippen LogP contribution is -2.28. The number of rotatable bonds is 3. The smallest absolute Gasteiger partial charge is 0.303 e. The van der Waals surface area contributed by atoms with E-state index >= 15 is 0 Å². The maximum Gasteiger partial charge on any atom is 0.417 e. The maximum atomic E-state index is 13.7. The molecule has 0 bridgehead atoms. The van der Waals surface area contributed by atoms with Crippen LogP contribution in [0.25, 0.3) is 11.3 Å². The average Bonchev–Trinajstić information content (AvgIpc) is 2.75. The third-order valence-corrected chi connectivity index (χ3v) is 5.82. The molecule has 1 aromatic heterocycles. The standard InChI is InChI=1S/C25H21F3N2O/c1-16-6-8-17(9-7-16)15-30-23(13-22(25(26,27)28)21(14-29)24(30)31)20-11-10-18-4-2-3-5-19(18)12-20/h6-13H,2-5,15H2,1H3. The quantitative estimate of drug-likeness (QED) is 0.548. The molecule has 158 valence electrons. The third kappa shape index (κ3) is 4.13. The molecule has 4 rings (SSSR count). The minimum atomic E-state index is -4.80. The first kappa shape index (κ1) is 20.9. The number of nitriles is 1. The molecule has 0 radical (unpaired) electrons. The van der Waals surface area contributed by atoms with Crippen LogP contribution in [0.3, 0.4) is 0 Å². The van der Waals surface area contributed by atoms with Crippen LogP contribution in [0.1, 0.15) is 46.2 Å². The Morgan fingerprint density at radius 2 is 1.68 bits per heavy atom. The maximum absolute atomic E-state index is 13.7. The summed E-state index contributed by atoms with van der Waals surface area (Å²) < 4.78 is 42.3. The number of halogens is 3. The largest absolute Gasteiger partial charge is 0.417 e. The highest BCUT2D eigenvalue weighted by molar-refractivity contribution is 5.64. The SMILES string of the molecule is Cc1ccc(Cn2c(-c3ccc4c(c3)CCCC4)cc(C(F)(F)F)c(C#N)c2=O)cc1. The van der Waals surface area contributed by atoms with E-state index in [2.05, 4.69) is 0 Å². The lowest BCUT2D eigenvalue weighted by atomic mass is 9.89. The van der Waals surface area contributed by atoms with Crippen molar-refractivity contribution >= 4 is 0 Å². The molecule has 2 aromatic carbocycles. The molecule has 1 heterocycles. The molecule has 1 aliphatic rings. The van der Waals surface area contributed by atoms with Crippen LogP contribution in [0.5, 0.6) is 0 Å². The number of hydrogen-bond donors (Lipinski definition) is 0. The Bertz CT molecular complexity index is 1230. The van der Waals surface area contributed by atoms with Crippen molar-refractivity contribution in [2.24, 2.45) is 0 Å². The summed E-state index contributed by atoms with van der Waals surface area (Å²) in [5.74, 6) is 0. The second-order valence-corrected chi connectivity index (χ2v) is 8.00. The number of hydrogen-bond acceptors (Lipinski definition) is 2. The van der Waals surface area contributed by atoms with Crippen molar-refractivity contribution in [3.8, 4) is 17.3 Å². The van der Waals surface area contributed by atoms with Gasteiger partial charge in [0, 0.05) is 0 Å². The van der Waals surface area contributed by atoms with Crippen LogP contribution in [-0.2, 0) is 25.6 Å². The Kier molecular flexibility index (Phi) is 5.45. The molecule has 0 spiro atoms. The molecular formula is C25H21F3N2O. The van der Waals surface area contributed by atoms with Gasteiger partial charge in [0.25, 0.3) is 5.56 Å². The highest BCUT2D eigenvalue weighted by Gasteiger charge is 2.36. The molecule has 0 unspecified atom stereocenters. The van der Waals surface area contributed by atoms with Crippen LogP contribution in [-0.4, -0.2) is 4.57 Å². The zero-order valence-electron chi connectivity index (χ0n) is 17.1. The van der Waals surface area contributed by atoms with E-state index in [9.17, 15) is 23.2 Å². The van der Waals surface area contributed by atoms with Gasteiger partial charge in [0.05, 0.1) is 17.8 Å². The Labute approximate surface area is 178 Å². The van der Waals surface area contributed by atoms with Gasteiger partial charge >= 0.3 is 6.18 Å². The van der Waals surface area contributed by atoms with Crippen molar-refractivity contribution in [1.82, 2.24) is 4.57 Å². The molecular weight excluding hydrogens is 401 g/mol. The van der Waals surface area contributed by atoms with Crippen molar-refractivity contribution in [2.75, 3.05) is 0 Å². The summed E-state index contributed by atoms with van der Waals surface area (Å²) in [6.45, 7) is 2.01. The van der Waals surface area contributed by atoms with Gasteiger partial charge in [-0.3, -0.25) is 4.79 Å². The first-order valence-corrected chi connectivity index (χ1v) is 10.2. The van der Waals surface area contributed by atoms with Crippen molar-refractivity contribution in [1.29, 1.82) is 5.26 Å². The first-order valence-electron chi connectivity index (χ1n) is 10.2. The minimum absolute atomic E-state index is 0.0817. The van der Waals surface area contributed by atoms with Crippen LogP contribution in [0, 0.1) is 18.3 Å². The van der Waals surface area contributed by atoms with Gasteiger partial charge in [-0.15, -0.1) is 0 Å². The molecule has 31 heavy (non-hydrogen) atoms. The minimum Gasteiger partial charge on any atom is -0.303 e. The predicted molar refractivity (Wildman–Crippen MR) is 113 cm³/mol. The van der Waals surface area contributed by atoms with Crippen LogP contribution in [0.2, 0.25) is 0 Å². The molecule has 0 saturated heterocycles. The fraction of sp³-hybridized carbons (Fsp3) is 0.280. The van der Waals surface area contributed by atoms with Crippen LogP contribution in [0.15, 0.2) is 53.3 Å². The lowest BCUT2D eigenvalue weighted by Gasteiger charge is -2.20. The molecule has 3 nitrogen and oxygen atoms in total. The van der Waals surface area contributed by atoms with Gasteiger partial charge in [-0.1, -0.05) is 42.0 Å². The first-order chi connectivity index (χ1) is 14.8. The topological polar surface area (TPSA) is 45.8 Å². The summed E-state index contributed by atoms with van der Waals surface area (Å²) in [6.07, 6.45) is -0.843. The molecule has 0 fully saturated rings. The van der Waals surface area contributed by atoms with E-state index in [1.807, 2.05) is 43.3 Å². The number of aromatic nitrogens is 1. The molecule has 0 atom stereocenters. The fourth-order valence-corrected chi connectivity index (χ4v) is 4.14. The second kappa shape index (κ2) is 8.07. The van der Waals surface area contributed by atoms with E-state index in [1.54, 1.807) is 6.07 Å². The zero-order chi connectivity index (χ0) is 22.2. The van der Waals surface area contributed by atoms with Crippen molar-refractivity contribution in [2.45, 2.75) is 45.3 Å². The molecule has 0 aliphatic heterocycles. The van der Waals surface area contributed by atoms with Gasteiger partial charge in [-0.25, -0.2) is 0 Å². The van der Waals surface area contributed by atoms with Crippen LogP contribution in [0.4, 0.5) is 13.2 Å². The van der Waals surface area contributed by atoms with E-state index in [1.165, 1.54) is 16.2 Å². The van der Waals surface area contributed by atoms with Gasteiger partial charge in [0.2, 0.25) is 0 Å². The van der Waals surface area contributed by atoms with E-state index in [0.717, 1.165) is 48.4 Å². The van der Waals surface area contributed by atoms with Crippen molar-refractivity contribution in [3.05, 3.63) is 92.3 Å². The molecule has 1 aliphatic carbocycles. The second-order valence-electron chi connectivity index (χ2n) is 8.00. The average molecular weight is 422 g/mol. The number of aryl methyl sites for hydroxylation is 3. The summed E-state index contributed by atoms with van der Waals surface area (Å²) in [4.78, 5) is 13.1. The number of nitrogens with zero attached hydrogens (tertiary/aromatic N) is 2. The third-order valence-electron chi connectivity index (χ3n) is 5.82. The van der Waals surface area contributed by atoms with Crippen LogP contribution < -0.4 is 5.56 Å². The summed E-state index contributed by atoms with van der Waals surface area (Å²) in [5.41, 5.74) is 1.86. The van der Waals surface area contributed by atoms with E-state index in [-0.39, 0.29) is 12.2 Å². The highest BCUT2D eigenvalue weighted by atomic mass is 19.4. The van der Waals surface area contributed by atoms with Crippen molar-refractivity contribution < 1.29 is 13.2 Å². The summed E-state index contributed by atoms with van der Waals surface area (Å²) in [6, 6.07) is 15.5. The lowest BCUT2D eigenvalue weighted by molar-refractivity contribution is -0.137. The fourth-order valence-electron chi connectivity index (χ4n) is 4.14. The Balaban J connectivity index is 1.95. The van der Waals surface area contributed by atoms with E-state index in [0.29, 0.717) is 5.56 Å². The highest BCUT2D eigenvalue weighted by Crippen LogP contribution is 2.35. The molecule has 3 aromatic rings. The van der Waals surface area contributed by atoms with Gasteiger partial charge in [0.1, 0.15) is 11.6 Å². The van der Waals surface area contributed by atoms with Gasteiger partial charge < -0.3 is 4.57 Å². The van der Waals surface area contributed by atoms with E-state index in [4.69, 9.17) is 0 Å². The number of benzene rings is 2. The predicted octanol–water partition coefficient (Wildman–Crippen LogP) is 5.64. The summed E-state index contributed by atoms with van der Waals surface area (Å²) in [7, 11) is 0. The number of fused-ring (bicyclic) bond motifs is 1. The van der Waals surface area contributed by atoms with Gasteiger partial charge in [0.15, 0.2) is 0 Å². The van der Waals surface area contributed by atoms with E-state index < -0.39 is 22.9 Å². The Hall–Kier alpha value is -3.33. The van der Waals surface area contributed by atoms with Crippen molar-refractivity contribution in [3.63, 3.8) is 0 Å². The molecule has 0 N–H and O–H groups in total. The number of alkyl halides is 3. The molecule has 0 saturated carbocycles. The zero-order valence-corrected chi connectivity index (χ0v) is 17.1. The summed E-state index contributed by atoms with van der Waals surface area (Å²) in [5, 5.41) is 9.35. The Morgan fingerprint density at radius 3 is 2.32 bits per heavy atom. The van der Waals surface area contributed by atoms with Crippen LogP contribution >= 0.6 is 0 Å². The van der Waals surface area contributed by atoms with Gasteiger partial charge in [-0.05, 0) is 67.0 Å². The summed E-state index contributed by atoms with van der Waals surface area (Å²) >= 11 is 0. The molecule has 0 amide bonds.